The first kappa shape index (κ1) is 19.1. The molecule has 0 bridgehead atoms. The summed E-state index contributed by atoms with van der Waals surface area (Å²) in [4.78, 5) is 12.9. The second-order valence-corrected chi connectivity index (χ2v) is 6.98. The van der Waals surface area contributed by atoms with Gasteiger partial charge in [-0.3, -0.25) is 4.79 Å². The average molecular weight is 354 g/mol. The number of carbonyl (C=O) groups excluding carboxylic acids is 1. The normalized spacial score (nSPS) is 23.8. The maximum absolute atomic E-state index is 12.9. The molecule has 5 heteroatoms. The van der Waals surface area contributed by atoms with Crippen molar-refractivity contribution in [3.05, 3.63) is 23.2 Å². The first-order valence-corrected chi connectivity index (χ1v) is 9.26. The summed E-state index contributed by atoms with van der Waals surface area (Å²) < 4.78 is 11.5. The van der Waals surface area contributed by atoms with Crippen LogP contribution in [0.4, 0.5) is 5.69 Å². The van der Waals surface area contributed by atoms with Gasteiger partial charge >= 0.3 is 0 Å². The van der Waals surface area contributed by atoms with E-state index in [4.69, 9.17) is 21.1 Å². The van der Waals surface area contributed by atoms with Gasteiger partial charge in [-0.2, -0.15) is 0 Å². The Kier molecular flexibility index (Phi) is 6.93. The van der Waals surface area contributed by atoms with Crippen LogP contribution in [-0.4, -0.2) is 24.7 Å². The number of hydrogen-bond donors (Lipinski definition) is 1. The molecule has 1 aromatic rings. The summed E-state index contributed by atoms with van der Waals surface area (Å²) in [5, 5.41) is 3.48. The molecule has 1 aliphatic carbocycles. The Balaban J connectivity index is 2.10. The van der Waals surface area contributed by atoms with Gasteiger partial charge in [-0.15, -0.1) is 0 Å². The lowest BCUT2D eigenvalue weighted by atomic mass is 9.78. The molecule has 0 unspecified atom stereocenters. The smallest absolute Gasteiger partial charge is 0.256 e. The summed E-state index contributed by atoms with van der Waals surface area (Å²) in [6.07, 6.45) is 4.61. The standard InChI is InChI=1S/C19H28ClNO3/c1-4-11-23-17-9-8-15(12-16(17)20)21-18(22)19(24-5-2)10-6-7-14(3)13-19/h8-9,12,14H,4-7,10-11,13H2,1-3H3,(H,21,22)/t14-,19+/m0/s1. The highest BCUT2D eigenvalue weighted by molar-refractivity contribution is 6.32. The van der Waals surface area contributed by atoms with Crippen LogP contribution in [0.15, 0.2) is 18.2 Å². The van der Waals surface area contributed by atoms with Gasteiger partial charge < -0.3 is 14.8 Å². The Bertz CT molecular complexity index is 560. The Morgan fingerprint density at radius 2 is 2.21 bits per heavy atom. The van der Waals surface area contributed by atoms with Crippen molar-refractivity contribution in [2.45, 2.75) is 58.5 Å². The van der Waals surface area contributed by atoms with Crippen LogP contribution in [0.1, 0.15) is 52.9 Å². The number of ether oxygens (including phenoxy) is 2. The monoisotopic (exact) mass is 353 g/mol. The van der Waals surface area contributed by atoms with Gasteiger partial charge in [0.25, 0.3) is 5.91 Å². The van der Waals surface area contributed by atoms with E-state index in [1.165, 1.54) is 0 Å². The Morgan fingerprint density at radius 1 is 1.42 bits per heavy atom. The average Bonchev–Trinajstić information content (AvgIpc) is 2.54. The molecule has 1 aromatic carbocycles. The third-order valence-corrected chi connectivity index (χ3v) is 4.74. The fourth-order valence-electron chi connectivity index (χ4n) is 3.33. The minimum atomic E-state index is -0.726. The van der Waals surface area contributed by atoms with Crippen LogP contribution in [0.5, 0.6) is 5.75 Å². The predicted octanol–water partition coefficient (Wildman–Crippen LogP) is 5.05. The number of halogens is 1. The summed E-state index contributed by atoms with van der Waals surface area (Å²) in [5.74, 6) is 1.06. The third kappa shape index (κ3) is 4.64. The van der Waals surface area contributed by atoms with E-state index < -0.39 is 5.60 Å². The van der Waals surface area contributed by atoms with Gasteiger partial charge in [0.15, 0.2) is 0 Å². The van der Waals surface area contributed by atoms with Gasteiger partial charge in [0.2, 0.25) is 0 Å². The minimum Gasteiger partial charge on any atom is -0.492 e. The van der Waals surface area contributed by atoms with E-state index in [1.807, 2.05) is 19.9 Å². The van der Waals surface area contributed by atoms with Crippen molar-refractivity contribution >= 4 is 23.2 Å². The fraction of sp³-hybridized carbons (Fsp3) is 0.632. The lowest BCUT2D eigenvalue weighted by Crippen LogP contribution is -2.48. The zero-order chi connectivity index (χ0) is 17.6. The molecule has 0 spiro atoms. The fourth-order valence-corrected chi connectivity index (χ4v) is 3.57. The van der Waals surface area contributed by atoms with Crippen molar-refractivity contribution in [3.63, 3.8) is 0 Å². The molecule has 1 saturated carbocycles. The van der Waals surface area contributed by atoms with Crippen LogP contribution in [0.2, 0.25) is 5.02 Å². The highest BCUT2D eigenvalue weighted by atomic mass is 35.5. The van der Waals surface area contributed by atoms with Gasteiger partial charge in [-0.1, -0.05) is 31.9 Å². The highest BCUT2D eigenvalue weighted by Gasteiger charge is 2.42. The van der Waals surface area contributed by atoms with E-state index in [2.05, 4.69) is 12.2 Å². The van der Waals surface area contributed by atoms with E-state index >= 15 is 0 Å². The summed E-state index contributed by atoms with van der Waals surface area (Å²) in [5.41, 5.74) is -0.0536. The van der Waals surface area contributed by atoms with Gasteiger partial charge in [-0.05, 0) is 56.7 Å². The number of nitrogens with one attached hydrogen (secondary N) is 1. The molecule has 0 saturated heterocycles. The Labute approximate surface area is 149 Å². The number of rotatable bonds is 7. The van der Waals surface area contributed by atoms with E-state index in [1.54, 1.807) is 12.1 Å². The molecular formula is C19H28ClNO3. The largest absolute Gasteiger partial charge is 0.492 e. The van der Waals surface area contributed by atoms with Crippen LogP contribution < -0.4 is 10.1 Å². The van der Waals surface area contributed by atoms with Gasteiger partial charge in [0, 0.05) is 12.3 Å². The van der Waals surface area contributed by atoms with Crippen LogP contribution in [0, 0.1) is 5.92 Å². The number of anilines is 1. The molecule has 1 aliphatic rings. The molecule has 1 fully saturated rings. The van der Waals surface area contributed by atoms with Crippen LogP contribution in [-0.2, 0) is 9.53 Å². The molecule has 2 atom stereocenters. The van der Waals surface area contributed by atoms with Crippen molar-refractivity contribution in [3.8, 4) is 5.75 Å². The summed E-state index contributed by atoms with van der Waals surface area (Å²) in [6.45, 7) is 7.31. The lowest BCUT2D eigenvalue weighted by Gasteiger charge is -2.38. The number of amides is 1. The molecular weight excluding hydrogens is 326 g/mol. The van der Waals surface area contributed by atoms with Gasteiger partial charge in [0.1, 0.15) is 11.4 Å². The molecule has 1 N–H and O–H groups in total. The molecule has 1 amide bonds. The highest BCUT2D eigenvalue weighted by Crippen LogP contribution is 2.36. The zero-order valence-corrected chi connectivity index (χ0v) is 15.6. The van der Waals surface area contributed by atoms with Crippen LogP contribution in [0.25, 0.3) is 0 Å². The van der Waals surface area contributed by atoms with Crippen molar-refractivity contribution in [2.75, 3.05) is 18.5 Å². The van der Waals surface area contributed by atoms with Crippen molar-refractivity contribution in [2.24, 2.45) is 5.92 Å². The molecule has 0 radical (unpaired) electrons. The quantitative estimate of drug-likeness (QED) is 0.745. The molecule has 0 aromatic heterocycles. The first-order valence-electron chi connectivity index (χ1n) is 8.88. The topological polar surface area (TPSA) is 47.6 Å². The van der Waals surface area contributed by atoms with Crippen LogP contribution >= 0.6 is 11.6 Å². The molecule has 0 aliphatic heterocycles. The van der Waals surface area contributed by atoms with Crippen molar-refractivity contribution in [1.29, 1.82) is 0 Å². The first-order chi connectivity index (χ1) is 11.5. The maximum atomic E-state index is 12.9. The van der Waals surface area contributed by atoms with Crippen LogP contribution in [0.3, 0.4) is 0 Å². The van der Waals surface area contributed by atoms with E-state index in [9.17, 15) is 4.79 Å². The van der Waals surface area contributed by atoms with E-state index in [-0.39, 0.29) is 5.91 Å². The molecule has 4 nitrogen and oxygen atoms in total. The minimum absolute atomic E-state index is 0.0748. The van der Waals surface area contributed by atoms with Crippen molar-refractivity contribution < 1.29 is 14.3 Å². The van der Waals surface area contributed by atoms with Gasteiger partial charge in [0.05, 0.1) is 11.6 Å². The Hall–Kier alpha value is -1.26. The van der Waals surface area contributed by atoms with Crippen molar-refractivity contribution in [1.82, 2.24) is 0 Å². The molecule has 2 rings (SSSR count). The molecule has 134 valence electrons. The molecule has 24 heavy (non-hydrogen) atoms. The summed E-state index contributed by atoms with van der Waals surface area (Å²) >= 11 is 6.25. The molecule has 0 heterocycles. The van der Waals surface area contributed by atoms with E-state index in [0.29, 0.717) is 35.6 Å². The SMILES string of the molecule is CCCOc1ccc(NC(=O)[C@@]2(OCC)CCC[C@H](C)C2)cc1Cl. The number of hydrogen-bond acceptors (Lipinski definition) is 3. The zero-order valence-electron chi connectivity index (χ0n) is 14.9. The second kappa shape index (κ2) is 8.72. The number of benzene rings is 1. The predicted molar refractivity (Wildman–Crippen MR) is 97.9 cm³/mol. The second-order valence-electron chi connectivity index (χ2n) is 6.58. The van der Waals surface area contributed by atoms with E-state index in [0.717, 1.165) is 32.1 Å². The summed E-state index contributed by atoms with van der Waals surface area (Å²) in [7, 11) is 0. The summed E-state index contributed by atoms with van der Waals surface area (Å²) in [6, 6.07) is 5.35. The maximum Gasteiger partial charge on any atom is 0.256 e. The lowest BCUT2D eigenvalue weighted by molar-refractivity contribution is -0.147. The number of carbonyl (C=O) groups is 1. The Morgan fingerprint density at radius 3 is 2.83 bits per heavy atom. The third-order valence-electron chi connectivity index (χ3n) is 4.44. The van der Waals surface area contributed by atoms with Gasteiger partial charge in [-0.25, -0.2) is 0 Å².